The first-order valence-corrected chi connectivity index (χ1v) is 7.21. The van der Waals surface area contributed by atoms with Gasteiger partial charge in [-0.2, -0.15) is 0 Å². The highest BCUT2D eigenvalue weighted by Gasteiger charge is 2.14. The molecule has 0 aromatic carbocycles. The third kappa shape index (κ3) is 4.75. The highest BCUT2D eigenvalue weighted by Crippen LogP contribution is 2.23. The second-order valence-electron chi connectivity index (χ2n) is 4.02. The normalized spacial score (nSPS) is 16.9. The summed E-state index contributed by atoms with van der Waals surface area (Å²) in [7, 11) is 0. The molecule has 2 rings (SSSR count). The van der Waals surface area contributed by atoms with Crippen LogP contribution in [0.3, 0.4) is 0 Å². The molecule has 1 aliphatic carbocycles. The molecule has 0 saturated heterocycles. The van der Waals surface area contributed by atoms with Crippen LogP contribution >= 0.6 is 51.2 Å². The zero-order valence-electron chi connectivity index (χ0n) is 9.49. The average molecular weight is 430 g/mol. The molecule has 1 fully saturated rings. The highest BCUT2D eigenvalue weighted by molar-refractivity contribution is 14.0. The van der Waals surface area contributed by atoms with Crippen molar-refractivity contribution in [2.45, 2.75) is 38.3 Å². The largest absolute Gasteiger partial charge is 0.370 e. The van der Waals surface area contributed by atoms with Crippen LogP contribution in [0, 0.1) is 0 Å². The molecule has 17 heavy (non-hydrogen) atoms. The molecule has 0 spiro atoms. The molecule has 3 N–H and O–H groups in total. The highest BCUT2D eigenvalue weighted by atomic mass is 127. The van der Waals surface area contributed by atoms with Crippen molar-refractivity contribution in [2.75, 3.05) is 0 Å². The number of halogens is 2. The Morgan fingerprint density at radius 3 is 2.82 bits per heavy atom. The molecule has 1 aromatic heterocycles. The maximum atomic E-state index is 5.85. The minimum atomic E-state index is 0. The van der Waals surface area contributed by atoms with Crippen molar-refractivity contribution in [1.82, 2.24) is 5.32 Å². The summed E-state index contributed by atoms with van der Waals surface area (Å²) >= 11 is 5.18. The molecule has 0 bridgehead atoms. The van der Waals surface area contributed by atoms with Gasteiger partial charge in [-0.25, -0.2) is 4.99 Å². The Hall–Kier alpha value is 0.180. The van der Waals surface area contributed by atoms with E-state index in [0.29, 0.717) is 18.5 Å². The molecule has 0 radical (unpaired) electrons. The van der Waals surface area contributed by atoms with Gasteiger partial charge in [0.05, 0.1) is 6.54 Å². The lowest BCUT2D eigenvalue weighted by molar-refractivity contribution is 0.625. The number of nitrogens with one attached hydrogen (secondary N) is 1. The van der Waals surface area contributed by atoms with Gasteiger partial charge in [0.15, 0.2) is 5.96 Å². The molecule has 1 aliphatic rings. The summed E-state index contributed by atoms with van der Waals surface area (Å²) < 4.78 is 1.12. The van der Waals surface area contributed by atoms with Crippen LogP contribution in [0.2, 0.25) is 0 Å². The van der Waals surface area contributed by atoms with Crippen LogP contribution in [0.4, 0.5) is 0 Å². The smallest absolute Gasteiger partial charge is 0.189 e. The van der Waals surface area contributed by atoms with E-state index in [0.717, 1.165) is 4.47 Å². The topological polar surface area (TPSA) is 50.4 Å². The van der Waals surface area contributed by atoms with Gasteiger partial charge in [-0.1, -0.05) is 12.8 Å². The number of nitrogens with two attached hydrogens (primary N) is 1. The summed E-state index contributed by atoms with van der Waals surface area (Å²) in [5, 5.41) is 5.33. The van der Waals surface area contributed by atoms with Crippen LogP contribution in [0.25, 0.3) is 0 Å². The molecular weight excluding hydrogens is 413 g/mol. The van der Waals surface area contributed by atoms with Gasteiger partial charge in [0.25, 0.3) is 0 Å². The van der Waals surface area contributed by atoms with E-state index in [1.165, 1.54) is 30.6 Å². The number of hydrogen-bond donors (Lipinski definition) is 2. The quantitative estimate of drug-likeness (QED) is 0.439. The number of guanidine groups is 1. The van der Waals surface area contributed by atoms with E-state index in [2.05, 4.69) is 31.6 Å². The Morgan fingerprint density at radius 1 is 1.53 bits per heavy atom. The fourth-order valence-corrected chi connectivity index (χ4v) is 3.32. The average Bonchev–Trinajstić information content (AvgIpc) is 2.87. The molecule has 1 saturated carbocycles. The van der Waals surface area contributed by atoms with Crippen molar-refractivity contribution in [3.05, 3.63) is 20.8 Å². The van der Waals surface area contributed by atoms with E-state index in [1.807, 2.05) is 6.07 Å². The standard InChI is InChI=1S/C11H16BrN3S.HI/c12-9-5-6-16-10(9)7-14-11(13)15-8-3-1-2-4-8;/h5-6,8H,1-4,7H2,(H3,13,14,15);1H. The Balaban J connectivity index is 0.00000144. The Labute approximate surface area is 131 Å². The lowest BCUT2D eigenvalue weighted by Crippen LogP contribution is -2.38. The molecule has 3 nitrogen and oxygen atoms in total. The first-order chi connectivity index (χ1) is 7.75. The number of rotatable bonds is 3. The first-order valence-electron chi connectivity index (χ1n) is 5.54. The van der Waals surface area contributed by atoms with Gasteiger partial charge in [0.2, 0.25) is 0 Å². The van der Waals surface area contributed by atoms with Gasteiger partial charge in [-0.15, -0.1) is 35.3 Å². The molecular formula is C11H17BrIN3S. The monoisotopic (exact) mass is 429 g/mol. The van der Waals surface area contributed by atoms with Crippen molar-refractivity contribution >= 4 is 57.2 Å². The summed E-state index contributed by atoms with van der Waals surface area (Å²) in [6, 6.07) is 2.58. The summed E-state index contributed by atoms with van der Waals surface area (Å²) in [5.41, 5.74) is 5.85. The van der Waals surface area contributed by atoms with Crippen molar-refractivity contribution in [3.63, 3.8) is 0 Å². The van der Waals surface area contributed by atoms with Crippen LogP contribution in [0.1, 0.15) is 30.6 Å². The van der Waals surface area contributed by atoms with Crippen LogP contribution in [-0.4, -0.2) is 12.0 Å². The number of hydrogen-bond acceptors (Lipinski definition) is 2. The maximum Gasteiger partial charge on any atom is 0.189 e. The van der Waals surface area contributed by atoms with Crippen LogP contribution < -0.4 is 11.1 Å². The molecule has 96 valence electrons. The lowest BCUT2D eigenvalue weighted by atomic mass is 10.2. The first kappa shape index (κ1) is 15.2. The van der Waals surface area contributed by atoms with E-state index in [-0.39, 0.29) is 24.0 Å². The lowest BCUT2D eigenvalue weighted by Gasteiger charge is -2.11. The fraction of sp³-hybridized carbons (Fsp3) is 0.545. The van der Waals surface area contributed by atoms with Gasteiger partial charge in [-0.05, 0) is 40.2 Å². The molecule has 0 amide bonds. The number of nitrogens with zero attached hydrogens (tertiary/aromatic N) is 1. The van der Waals surface area contributed by atoms with Crippen molar-refractivity contribution in [1.29, 1.82) is 0 Å². The van der Waals surface area contributed by atoms with Gasteiger partial charge >= 0.3 is 0 Å². The van der Waals surface area contributed by atoms with Crippen molar-refractivity contribution < 1.29 is 0 Å². The maximum absolute atomic E-state index is 5.85. The van der Waals surface area contributed by atoms with Gasteiger partial charge in [-0.3, -0.25) is 0 Å². The predicted octanol–water partition coefficient (Wildman–Crippen LogP) is 3.48. The molecule has 0 unspecified atom stereocenters. The second-order valence-corrected chi connectivity index (χ2v) is 5.87. The van der Waals surface area contributed by atoms with Crippen LogP contribution in [0.15, 0.2) is 20.9 Å². The molecule has 1 heterocycles. The Bertz CT molecular complexity index is 375. The zero-order chi connectivity index (χ0) is 11.4. The van der Waals surface area contributed by atoms with Crippen molar-refractivity contribution in [2.24, 2.45) is 10.7 Å². The summed E-state index contributed by atoms with van der Waals surface area (Å²) in [6.07, 6.45) is 5.06. The van der Waals surface area contributed by atoms with Crippen LogP contribution in [0.5, 0.6) is 0 Å². The zero-order valence-corrected chi connectivity index (χ0v) is 14.2. The number of aliphatic imine (C=N–C) groups is 1. The molecule has 0 atom stereocenters. The summed E-state index contributed by atoms with van der Waals surface area (Å²) in [4.78, 5) is 5.57. The SMILES string of the molecule is I.NC(=NCc1sccc1Br)NC1CCCC1. The Morgan fingerprint density at radius 2 is 2.24 bits per heavy atom. The van der Waals surface area contributed by atoms with Gasteiger partial charge < -0.3 is 11.1 Å². The van der Waals surface area contributed by atoms with Gasteiger partial charge in [0, 0.05) is 15.4 Å². The molecule has 6 heteroatoms. The molecule has 0 aliphatic heterocycles. The summed E-state index contributed by atoms with van der Waals surface area (Å²) in [5.74, 6) is 0.576. The summed E-state index contributed by atoms with van der Waals surface area (Å²) in [6.45, 7) is 0.657. The third-order valence-corrected chi connectivity index (χ3v) is 4.70. The fourth-order valence-electron chi connectivity index (χ4n) is 1.92. The molecule has 1 aromatic rings. The predicted molar refractivity (Wildman–Crippen MR) is 88.2 cm³/mol. The van der Waals surface area contributed by atoms with E-state index in [4.69, 9.17) is 5.73 Å². The van der Waals surface area contributed by atoms with Crippen LogP contribution in [-0.2, 0) is 6.54 Å². The third-order valence-electron chi connectivity index (χ3n) is 2.79. The van der Waals surface area contributed by atoms with E-state index in [1.54, 1.807) is 11.3 Å². The van der Waals surface area contributed by atoms with E-state index < -0.39 is 0 Å². The van der Waals surface area contributed by atoms with Gasteiger partial charge in [0.1, 0.15) is 0 Å². The number of thiophene rings is 1. The Kier molecular flexibility index (Phi) is 6.79. The minimum Gasteiger partial charge on any atom is -0.370 e. The van der Waals surface area contributed by atoms with Crippen molar-refractivity contribution in [3.8, 4) is 0 Å². The van der Waals surface area contributed by atoms with E-state index in [9.17, 15) is 0 Å². The minimum absolute atomic E-state index is 0. The second kappa shape index (κ2) is 7.58. The van der Waals surface area contributed by atoms with E-state index >= 15 is 0 Å².